The van der Waals surface area contributed by atoms with Crippen LogP contribution in [0, 0.1) is 11.8 Å². The van der Waals surface area contributed by atoms with Gasteiger partial charge in [-0.2, -0.15) is 0 Å². The van der Waals surface area contributed by atoms with E-state index in [0.717, 1.165) is 36.2 Å². The van der Waals surface area contributed by atoms with Crippen molar-refractivity contribution in [3.63, 3.8) is 0 Å². The fourth-order valence-electron chi connectivity index (χ4n) is 3.41. The van der Waals surface area contributed by atoms with Crippen molar-refractivity contribution in [3.8, 4) is 5.75 Å². The molecule has 0 radical (unpaired) electrons. The Balaban J connectivity index is 0.00000364. The normalized spacial score (nSPS) is 12.5. The summed E-state index contributed by atoms with van der Waals surface area (Å²) in [6.07, 6.45) is 1.80. The Labute approximate surface area is 175 Å². The number of nitrogens with zero attached hydrogens (tertiary/aromatic N) is 2. The van der Waals surface area contributed by atoms with Crippen molar-refractivity contribution in [3.05, 3.63) is 29.4 Å². The molecule has 1 N–H and O–H groups in total. The number of hydrogen-bond donors (Lipinski definition) is 1. The van der Waals surface area contributed by atoms with Gasteiger partial charge in [0.15, 0.2) is 0 Å². The summed E-state index contributed by atoms with van der Waals surface area (Å²) in [6, 6.07) is 6.10. The first-order valence-electron chi connectivity index (χ1n) is 9.41. The van der Waals surface area contributed by atoms with E-state index < -0.39 is 0 Å². The van der Waals surface area contributed by atoms with Gasteiger partial charge in [-0.3, -0.25) is 4.98 Å². The summed E-state index contributed by atoms with van der Waals surface area (Å²) in [5.74, 6) is 1.97. The van der Waals surface area contributed by atoms with Gasteiger partial charge < -0.3 is 15.0 Å². The minimum absolute atomic E-state index is 0. The molecule has 1 aromatic heterocycles. The van der Waals surface area contributed by atoms with Gasteiger partial charge in [-0.05, 0) is 30.9 Å². The first-order chi connectivity index (χ1) is 12.3. The maximum Gasteiger partial charge on any atom is 0.140 e. The Hall–Kier alpha value is -1.23. The molecule has 0 amide bonds. The van der Waals surface area contributed by atoms with E-state index in [1.807, 2.05) is 18.2 Å². The minimum atomic E-state index is 0. The predicted molar refractivity (Wildman–Crippen MR) is 120 cm³/mol. The summed E-state index contributed by atoms with van der Waals surface area (Å²) < 4.78 is 5.45. The van der Waals surface area contributed by atoms with Crippen molar-refractivity contribution < 1.29 is 4.74 Å². The van der Waals surface area contributed by atoms with Crippen molar-refractivity contribution >= 4 is 40.6 Å². The first-order valence-corrected chi connectivity index (χ1v) is 9.79. The molecule has 27 heavy (non-hydrogen) atoms. The minimum Gasteiger partial charge on any atom is -0.495 e. The highest BCUT2D eigenvalue weighted by Crippen LogP contribution is 2.37. The standard InChI is InChI=1S/C21H32ClN3O.ClH/c1-14(2)11-25(12-15(3)4)13-16(5)24-18-10-19(26-6)20(22)17-8-7-9-23-21(17)18;/h7-10,14-16,24H,11-13H2,1-6H3;1H. The lowest BCUT2D eigenvalue weighted by atomic mass is 10.1. The zero-order valence-electron chi connectivity index (χ0n) is 17.3. The fourth-order valence-corrected chi connectivity index (χ4v) is 3.69. The second-order valence-electron chi connectivity index (χ2n) is 7.89. The molecule has 152 valence electrons. The zero-order valence-corrected chi connectivity index (χ0v) is 18.8. The number of benzene rings is 1. The third kappa shape index (κ3) is 6.70. The quantitative estimate of drug-likeness (QED) is 0.568. The van der Waals surface area contributed by atoms with Gasteiger partial charge >= 0.3 is 0 Å². The summed E-state index contributed by atoms with van der Waals surface area (Å²) in [6.45, 7) is 14.5. The first kappa shape index (κ1) is 23.8. The van der Waals surface area contributed by atoms with Crippen LogP contribution in [0.3, 0.4) is 0 Å². The Morgan fingerprint density at radius 1 is 1.11 bits per heavy atom. The number of nitrogens with one attached hydrogen (secondary N) is 1. The third-order valence-electron chi connectivity index (χ3n) is 4.19. The third-order valence-corrected chi connectivity index (χ3v) is 4.58. The van der Waals surface area contributed by atoms with Gasteiger partial charge in [0, 0.05) is 43.3 Å². The van der Waals surface area contributed by atoms with Crippen LogP contribution < -0.4 is 10.1 Å². The SMILES string of the molecule is COc1cc(NC(C)CN(CC(C)C)CC(C)C)c2ncccc2c1Cl.Cl. The van der Waals surface area contributed by atoms with E-state index in [4.69, 9.17) is 16.3 Å². The van der Waals surface area contributed by atoms with Crippen LogP contribution in [-0.2, 0) is 0 Å². The van der Waals surface area contributed by atoms with E-state index in [2.05, 4.69) is 49.8 Å². The molecule has 0 aliphatic carbocycles. The predicted octanol–water partition coefficient (Wildman–Crippen LogP) is 5.73. The van der Waals surface area contributed by atoms with E-state index in [9.17, 15) is 0 Å². The highest BCUT2D eigenvalue weighted by atomic mass is 35.5. The Bertz CT molecular complexity index is 712. The molecule has 0 aliphatic heterocycles. The second kappa shape index (κ2) is 10.9. The lowest BCUT2D eigenvalue weighted by molar-refractivity contribution is 0.214. The second-order valence-corrected chi connectivity index (χ2v) is 8.27. The molecule has 0 saturated heterocycles. The Morgan fingerprint density at radius 3 is 2.30 bits per heavy atom. The van der Waals surface area contributed by atoms with Crippen molar-refractivity contribution in [2.24, 2.45) is 11.8 Å². The molecule has 0 bridgehead atoms. The Kier molecular flexibility index (Phi) is 9.65. The molecule has 2 rings (SSSR count). The van der Waals surface area contributed by atoms with Gasteiger partial charge in [0.2, 0.25) is 0 Å². The molecule has 6 heteroatoms. The number of hydrogen-bond acceptors (Lipinski definition) is 4. The van der Waals surface area contributed by atoms with E-state index in [-0.39, 0.29) is 18.4 Å². The molecule has 0 fully saturated rings. The molecular weight excluding hydrogens is 381 g/mol. The van der Waals surface area contributed by atoms with Gasteiger partial charge in [-0.25, -0.2) is 0 Å². The number of ether oxygens (including phenoxy) is 1. The van der Waals surface area contributed by atoms with Crippen LogP contribution in [-0.4, -0.2) is 42.7 Å². The summed E-state index contributed by atoms with van der Waals surface area (Å²) >= 11 is 6.45. The topological polar surface area (TPSA) is 37.4 Å². The van der Waals surface area contributed by atoms with Crippen LogP contribution in [0.25, 0.3) is 10.9 Å². The Morgan fingerprint density at radius 2 is 1.74 bits per heavy atom. The highest BCUT2D eigenvalue weighted by molar-refractivity contribution is 6.37. The molecule has 0 saturated carbocycles. The van der Waals surface area contributed by atoms with E-state index in [1.165, 1.54) is 0 Å². The lowest BCUT2D eigenvalue weighted by Crippen LogP contribution is -2.39. The molecule has 1 aromatic carbocycles. The molecule has 1 unspecified atom stereocenters. The molecule has 0 spiro atoms. The molecule has 2 aromatic rings. The number of halogens is 2. The lowest BCUT2D eigenvalue weighted by Gasteiger charge is -2.29. The molecule has 1 atom stereocenters. The molecule has 0 aliphatic rings. The van der Waals surface area contributed by atoms with Gasteiger partial charge in [0.25, 0.3) is 0 Å². The average molecular weight is 414 g/mol. The van der Waals surface area contributed by atoms with Crippen LogP contribution in [0.1, 0.15) is 34.6 Å². The van der Waals surface area contributed by atoms with E-state index in [0.29, 0.717) is 22.6 Å². The van der Waals surface area contributed by atoms with Crippen molar-refractivity contribution in [2.45, 2.75) is 40.7 Å². The maximum absolute atomic E-state index is 6.45. The highest BCUT2D eigenvalue weighted by Gasteiger charge is 2.16. The monoisotopic (exact) mass is 413 g/mol. The number of methoxy groups -OCH3 is 1. The van der Waals surface area contributed by atoms with Crippen LogP contribution in [0.15, 0.2) is 24.4 Å². The number of fused-ring (bicyclic) bond motifs is 1. The largest absolute Gasteiger partial charge is 0.495 e. The number of rotatable bonds is 9. The van der Waals surface area contributed by atoms with Crippen LogP contribution in [0.5, 0.6) is 5.75 Å². The molecule has 1 heterocycles. The number of pyridine rings is 1. The van der Waals surface area contributed by atoms with Gasteiger partial charge in [0.1, 0.15) is 5.75 Å². The van der Waals surface area contributed by atoms with Crippen LogP contribution in [0.4, 0.5) is 5.69 Å². The summed E-state index contributed by atoms with van der Waals surface area (Å²) in [5, 5.41) is 5.13. The number of aromatic nitrogens is 1. The van der Waals surface area contributed by atoms with Gasteiger partial charge in [-0.1, -0.05) is 39.3 Å². The fraction of sp³-hybridized carbons (Fsp3) is 0.571. The van der Waals surface area contributed by atoms with Crippen LogP contribution in [0.2, 0.25) is 5.02 Å². The molecular formula is C21H33Cl2N3O. The smallest absolute Gasteiger partial charge is 0.140 e. The van der Waals surface area contributed by atoms with Crippen molar-refractivity contribution in [1.82, 2.24) is 9.88 Å². The van der Waals surface area contributed by atoms with E-state index in [1.54, 1.807) is 13.3 Å². The average Bonchev–Trinajstić information content (AvgIpc) is 2.56. The summed E-state index contributed by atoms with van der Waals surface area (Å²) in [7, 11) is 1.64. The molecule has 4 nitrogen and oxygen atoms in total. The summed E-state index contributed by atoms with van der Waals surface area (Å²) in [4.78, 5) is 7.07. The number of anilines is 1. The van der Waals surface area contributed by atoms with Crippen LogP contribution >= 0.6 is 24.0 Å². The maximum atomic E-state index is 6.45. The zero-order chi connectivity index (χ0) is 19.3. The van der Waals surface area contributed by atoms with Crippen molar-refractivity contribution in [1.29, 1.82) is 0 Å². The summed E-state index contributed by atoms with van der Waals surface area (Å²) in [5.41, 5.74) is 1.84. The van der Waals surface area contributed by atoms with Gasteiger partial charge in [-0.15, -0.1) is 12.4 Å². The van der Waals surface area contributed by atoms with Crippen molar-refractivity contribution in [2.75, 3.05) is 32.1 Å². The van der Waals surface area contributed by atoms with E-state index >= 15 is 0 Å². The van der Waals surface area contributed by atoms with Gasteiger partial charge in [0.05, 0.1) is 23.3 Å².